The summed E-state index contributed by atoms with van der Waals surface area (Å²) in [5.41, 5.74) is 1.32. The van der Waals surface area contributed by atoms with Gasteiger partial charge < -0.3 is 10.2 Å². The molecule has 1 amide bonds. The molecule has 0 aliphatic carbocycles. The van der Waals surface area contributed by atoms with E-state index in [4.69, 9.17) is 0 Å². The summed E-state index contributed by atoms with van der Waals surface area (Å²) in [4.78, 5) is 18.9. The summed E-state index contributed by atoms with van der Waals surface area (Å²) in [6, 6.07) is 14.5. The van der Waals surface area contributed by atoms with Gasteiger partial charge in [0.2, 0.25) is 0 Å². The van der Waals surface area contributed by atoms with Crippen molar-refractivity contribution in [1.29, 1.82) is 0 Å². The number of hydrogen-bond donors (Lipinski definition) is 1. The quantitative estimate of drug-likeness (QED) is 0.819. The molecule has 5 heteroatoms. The third kappa shape index (κ3) is 4.58. The first kappa shape index (κ1) is 17.0. The van der Waals surface area contributed by atoms with Crippen molar-refractivity contribution < 1.29 is 4.79 Å². The van der Waals surface area contributed by atoms with E-state index in [9.17, 15) is 4.79 Å². The Morgan fingerprint density at radius 2 is 1.83 bits per heavy atom. The number of piperazine rings is 1. The summed E-state index contributed by atoms with van der Waals surface area (Å²) in [5.74, 6) is 0.0574. The maximum atomic E-state index is 12.0. The second kappa shape index (κ2) is 8.31. The van der Waals surface area contributed by atoms with Crippen molar-refractivity contribution in [2.45, 2.75) is 13.3 Å². The van der Waals surface area contributed by atoms with Crippen LogP contribution in [-0.2, 0) is 0 Å². The fourth-order valence-electron chi connectivity index (χ4n) is 3.02. The van der Waals surface area contributed by atoms with E-state index < -0.39 is 0 Å². The topological polar surface area (TPSA) is 35.6 Å². The summed E-state index contributed by atoms with van der Waals surface area (Å²) >= 11 is 1.55. The molecule has 3 rings (SSSR count). The number of benzene rings is 1. The molecule has 2 aromatic rings. The molecule has 4 nitrogen and oxygen atoms in total. The van der Waals surface area contributed by atoms with Gasteiger partial charge in [0.05, 0.1) is 4.88 Å². The molecule has 0 radical (unpaired) electrons. The number of amides is 1. The molecule has 1 saturated heterocycles. The Balaban J connectivity index is 1.33. The van der Waals surface area contributed by atoms with Gasteiger partial charge in [0.25, 0.3) is 5.91 Å². The highest BCUT2D eigenvalue weighted by Crippen LogP contribution is 2.16. The van der Waals surface area contributed by atoms with Crippen LogP contribution in [-0.4, -0.2) is 50.1 Å². The van der Waals surface area contributed by atoms with Crippen LogP contribution in [0.2, 0.25) is 0 Å². The normalized spacial score (nSPS) is 15.5. The third-order valence-corrected chi connectivity index (χ3v) is 5.39. The molecular formula is C19H25N3OS. The van der Waals surface area contributed by atoms with Gasteiger partial charge in [-0.2, -0.15) is 0 Å². The summed E-state index contributed by atoms with van der Waals surface area (Å²) in [7, 11) is 0. The largest absolute Gasteiger partial charge is 0.369 e. The van der Waals surface area contributed by atoms with Gasteiger partial charge in [-0.1, -0.05) is 18.2 Å². The van der Waals surface area contributed by atoms with Crippen LogP contribution >= 0.6 is 11.3 Å². The van der Waals surface area contributed by atoms with Crippen LogP contribution in [0, 0.1) is 6.92 Å². The molecule has 0 unspecified atom stereocenters. The number of anilines is 1. The van der Waals surface area contributed by atoms with Gasteiger partial charge in [-0.15, -0.1) is 11.3 Å². The van der Waals surface area contributed by atoms with Crippen molar-refractivity contribution in [3.63, 3.8) is 0 Å². The first-order valence-electron chi connectivity index (χ1n) is 8.59. The van der Waals surface area contributed by atoms with Crippen LogP contribution in [0.15, 0.2) is 42.5 Å². The second-order valence-electron chi connectivity index (χ2n) is 6.18. The zero-order chi connectivity index (χ0) is 16.8. The Kier molecular flexibility index (Phi) is 5.88. The second-order valence-corrected chi connectivity index (χ2v) is 7.47. The van der Waals surface area contributed by atoms with Crippen molar-refractivity contribution in [3.05, 3.63) is 52.2 Å². The van der Waals surface area contributed by atoms with E-state index in [0.717, 1.165) is 50.6 Å². The highest BCUT2D eigenvalue weighted by atomic mass is 32.1. The van der Waals surface area contributed by atoms with Crippen molar-refractivity contribution >= 4 is 22.9 Å². The number of carbonyl (C=O) groups is 1. The first-order chi connectivity index (χ1) is 11.7. The number of nitrogens with one attached hydrogen (secondary N) is 1. The molecule has 1 aromatic carbocycles. The maximum absolute atomic E-state index is 12.0. The molecule has 2 heterocycles. The Bertz CT molecular complexity index is 648. The Hall–Kier alpha value is -1.85. The van der Waals surface area contributed by atoms with E-state index in [1.807, 2.05) is 19.1 Å². The monoisotopic (exact) mass is 343 g/mol. The SMILES string of the molecule is Cc1ccc(C(=O)NCCCN2CCN(c3ccccc3)CC2)s1. The van der Waals surface area contributed by atoms with Gasteiger partial charge in [-0.25, -0.2) is 0 Å². The Morgan fingerprint density at radius 3 is 2.50 bits per heavy atom. The molecule has 0 bridgehead atoms. The van der Waals surface area contributed by atoms with Crippen molar-refractivity contribution in [3.8, 4) is 0 Å². The molecule has 128 valence electrons. The van der Waals surface area contributed by atoms with E-state index in [2.05, 4.69) is 45.4 Å². The van der Waals surface area contributed by atoms with E-state index in [0.29, 0.717) is 0 Å². The molecule has 1 aromatic heterocycles. The lowest BCUT2D eigenvalue weighted by Crippen LogP contribution is -2.47. The van der Waals surface area contributed by atoms with E-state index >= 15 is 0 Å². The van der Waals surface area contributed by atoms with Crippen molar-refractivity contribution in [1.82, 2.24) is 10.2 Å². The fraction of sp³-hybridized carbons (Fsp3) is 0.421. The van der Waals surface area contributed by atoms with Gasteiger partial charge >= 0.3 is 0 Å². The summed E-state index contributed by atoms with van der Waals surface area (Å²) in [6.07, 6.45) is 1.00. The number of thiophene rings is 1. The molecule has 1 aliphatic rings. The van der Waals surface area contributed by atoms with Crippen LogP contribution in [0.3, 0.4) is 0 Å². The minimum Gasteiger partial charge on any atom is -0.369 e. The lowest BCUT2D eigenvalue weighted by molar-refractivity contribution is 0.0955. The molecule has 0 saturated carbocycles. The molecule has 1 N–H and O–H groups in total. The summed E-state index contributed by atoms with van der Waals surface area (Å²) in [5, 5.41) is 3.02. The predicted octanol–water partition coefficient (Wildman–Crippen LogP) is 3.00. The lowest BCUT2D eigenvalue weighted by Gasteiger charge is -2.36. The number of nitrogens with zero attached hydrogens (tertiary/aromatic N) is 2. The molecule has 24 heavy (non-hydrogen) atoms. The lowest BCUT2D eigenvalue weighted by atomic mass is 10.2. The zero-order valence-electron chi connectivity index (χ0n) is 14.2. The highest BCUT2D eigenvalue weighted by Gasteiger charge is 2.16. The smallest absolute Gasteiger partial charge is 0.261 e. The molecule has 0 spiro atoms. The fourth-order valence-corrected chi connectivity index (χ4v) is 3.80. The van der Waals surface area contributed by atoms with E-state index in [1.165, 1.54) is 10.6 Å². The number of carbonyl (C=O) groups excluding carboxylic acids is 1. The van der Waals surface area contributed by atoms with E-state index in [1.54, 1.807) is 11.3 Å². The van der Waals surface area contributed by atoms with Crippen molar-refractivity contribution in [2.24, 2.45) is 0 Å². The number of para-hydroxylation sites is 1. The minimum atomic E-state index is 0.0574. The zero-order valence-corrected chi connectivity index (χ0v) is 15.0. The molecule has 1 fully saturated rings. The Morgan fingerprint density at radius 1 is 1.08 bits per heavy atom. The van der Waals surface area contributed by atoms with Crippen LogP contribution in [0.25, 0.3) is 0 Å². The highest BCUT2D eigenvalue weighted by molar-refractivity contribution is 7.13. The predicted molar refractivity (Wildman–Crippen MR) is 101 cm³/mol. The standard InChI is InChI=1S/C19H25N3OS/c1-16-8-9-18(24-16)19(23)20-10-5-11-21-12-14-22(15-13-21)17-6-3-2-4-7-17/h2-4,6-9H,5,10-15H2,1H3,(H,20,23). The van der Waals surface area contributed by atoms with Crippen LogP contribution < -0.4 is 10.2 Å². The minimum absolute atomic E-state index is 0.0574. The Labute approximate surface area is 148 Å². The van der Waals surface area contributed by atoms with Crippen LogP contribution in [0.5, 0.6) is 0 Å². The van der Waals surface area contributed by atoms with Gasteiger partial charge in [0, 0.05) is 43.3 Å². The van der Waals surface area contributed by atoms with Crippen molar-refractivity contribution in [2.75, 3.05) is 44.2 Å². The third-order valence-electron chi connectivity index (χ3n) is 4.39. The van der Waals surface area contributed by atoms with Gasteiger partial charge in [0.15, 0.2) is 0 Å². The molecule has 1 aliphatic heterocycles. The van der Waals surface area contributed by atoms with E-state index in [-0.39, 0.29) is 5.91 Å². The van der Waals surface area contributed by atoms with Gasteiger partial charge in [0.1, 0.15) is 0 Å². The van der Waals surface area contributed by atoms with Gasteiger partial charge in [-0.05, 0) is 44.2 Å². The maximum Gasteiger partial charge on any atom is 0.261 e. The van der Waals surface area contributed by atoms with Crippen LogP contribution in [0.1, 0.15) is 21.0 Å². The number of rotatable bonds is 6. The van der Waals surface area contributed by atoms with Crippen LogP contribution in [0.4, 0.5) is 5.69 Å². The molecular weight excluding hydrogens is 318 g/mol. The summed E-state index contributed by atoms with van der Waals surface area (Å²) in [6.45, 7) is 8.15. The summed E-state index contributed by atoms with van der Waals surface area (Å²) < 4.78 is 0. The number of aryl methyl sites for hydroxylation is 1. The molecule has 0 atom stereocenters. The number of hydrogen-bond acceptors (Lipinski definition) is 4. The average molecular weight is 343 g/mol. The first-order valence-corrected chi connectivity index (χ1v) is 9.41. The average Bonchev–Trinajstić information content (AvgIpc) is 3.06. The van der Waals surface area contributed by atoms with Gasteiger partial charge in [-0.3, -0.25) is 9.69 Å².